The van der Waals surface area contributed by atoms with E-state index < -0.39 is 0 Å². The SMILES string of the molecule is Cc1nc(C(=O)N(Cc2ccncc2)C2CC2)nc(N2CC[C@@H](N)C2)c1C. The van der Waals surface area contributed by atoms with Gasteiger partial charge in [-0.15, -0.1) is 0 Å². The molecule has 0 spiro atoms. The normalized spacial score (nSPS) is 19.4. The molecule has 1 atom stereocenters. The lowest BCUT2D eigenvalue weighted by atomic mass is 10.2. The zero-order chi connectivity index (χ0) is 19.0. The first-order valence-electron chi connectivity index (χ1n) is 9.58. The molecule has 1 saturated heterocycles. The van der Waals surface area contributed by atoms with Crippen LogP contribution < -0.4 is 10.6 Å². The summed E-state index contributed by atoms with van der Waals surface area (Å²) in [5.74, 6) is 1.04. The minimum absolute atomic E-state index is 0.0952. The fourth-order valence-corrected chi connectivity index (χ4v) is 3.56. The van der Waals surface area contributed by atoms with E-state index in [1.165, 1.54) is 0 Å². The van der Waals surface area contributed by atoms with Crippen molar-refractivity contribution in [1.82, 2.24) is 19.9 Å². The van der Waals surface area contributed by atoms with E-state index in [-0.39, 0.29) is 23.8 Å². The number of hydrogen-bond acceptors (Lipinski definition) is 6. The molecule has 2 aromatic heterocycles. The number of carbonyl (C=O) groups is 1. The maximum absolute atomic E-state index is 13.3. The third kappa shape index (κ3) is 3.78. The Morgan fingerprint density at radius 3 is 2.59 bits per heavy atom. The third-order valence-electron chi connectivity index (χ3n) is 5.43. The van der Waals surface area contributed by atoms with Gasteiger partial charge in [0.2, 0.25) is 5.82 Å². The van der Waals surface area contributed by atoms with Crippen molar-refractivity contribution >= 4 is 11.7 Å². The summed E-state index contributed by atoms with van der Waals surface area (Å²) in [5.41, 5.74) is 9.01. The first-order valence-corrected chi connectivity index (χ1v) is 9.58. The van der Waals surface area contributed by atoms with Crippen molar-refractivity contribution in [3.05, 3.63) is 47.2 Å². The number of aryl methyl sites for hydroxylation is 1. The number of anilines is 1. The van der Waals surface area contributed by atoms with Gasteiger partial charge in [0.1, 0.15) is 5.82 Å². The Bertz CT molecular complexity index is 836. The van der Waals surface area contributed by atoms with Crippen molar-refractivity contribution in [2.45, 2.75) is 51.7 Å². The highest BCUT2D eigenvalue weighted by Crippen LogP contribution is 2.30. The van der Waals surface area contributed by atoms with Crippen LogP contribution in [0.4, 0.5) is 5.82 Å². The molecule has 0 unspecified atom stereocenters. The van der Waals surface area contributed by atoms with Crippen molar-refractivity contribution in [2.75, 3.05) is 18.0 Å². The van der Waals surface area contributed by atoms with Crippen LogP contribution >= 0.6 is 0 Å². The molecule has 0 radical (unpaired) electrons. The fraction of sp³-hybridized carbons (Fsp3) is 0.500. The zero-order valence-electron chi connectivity index (χ0n) is 15.9. The topological polar surface area (TPSA) is 88.2 Å². The second kappa shape index (κ2) is 7.23. The van der Waals surface area contributed by atoms with E-state index in [1.807, 2.05) is 30.9 Å². The summed E-state index contributed by atoms with van der Waals surface area (Å²) in [6.07, 6.45) is 6.53. The van der Waals surface area contributed by atoms with Crippen molar-refractivity contribution < 1.29 is 4.79 Å². The summed E-state index contributed by atoms with van der Waals surface area (Å²) in [4.78, 5) is 30.6. The summed E-state index contributed by atoms with van der Waals surface area (Å²) < 4.78 is 0. The maximum Gasteiger partial charge on any atom is 0.292 e. The van der Waals surface area contributed by atoms with E-state index in [2.05, 4.69) is 19.9 Å². The Kier molecular flexibility index (Phi) is 4.78. The molecule has 2 fully saturated rings. The Labute approximate surface area is 159 Å². The molecule has 1 saturated carbocycles. The van der Waals surface area contributed by atoms with Crippen molar-refractivity contribution in [3.8, 4) is 0 Å². The van der Waals surface area contributed by atoms with Gasteiger partial charge < -0.3 is 15.5 Å². The van der Waals surface area contributed by atoms with Gasteiger partial charge in [0.15, 0.2) is 0 Å². The Morgan fingerprint density at radius 2 is 1.96 bits per heavy atom. The maximum atomic E-state index is 13.3. The standard InChI is InChI=1S/C20H26N6O/c1-13-14(2)23-18(24-19(13)25-10-7-16(21)12-25)20(27)26(17-3-4-17)11-15-5-8-22-9-6-15/h5-6,8-9,16-17H,3-4,7,10-12,21H2,1-2H3/t16-/m1/s1. The molecule has 27 heavy (non-hydrogen) atoms. The molecule has 0 aromatic carbocycles. The van der Waals surface area contributed by atoms with Gasteiger partial charge in [-0.1, -0.05) is 0 Å². The van der Waals surface area contributed by atoms with Crippen molar-refractivity contribution in [2.24, 2.45) is 5.73 Å². The van der Waals surface area contributed by atoms with Crippen LogP contribution in [0.25, 0.3) is 0 Å². The van der Waals surface area contributed by atoms with Gasteiger partial charge in [-0.25, -0.2) is 9.97 Å². The number of pyridine rings is 1. The first-order chi connectivity index (χ1) is 13.0. The summed E-state index contributed by atoms with van der Waals surface area (Å²) in [6.45, 7) is 6.16. The van der Waals surface area contributed by atoms with Crippen LogP contribution in [0.2, 0.25) is 0 Å². The molecule has 2 aromatic rings. The smallest absolute Gasteiger partial charge is 0.292 e. The molecular formula is C20H26N6O. The Balaban J connectivity index is 1.62. The first kappa shape index (κ1) is 17.9. The van der Waals surface area contributed by atoms with Crippen LogP contribution in [-0.2, 0) is 6.54 Å². The van der Waals surface area contributed by atoms with E-state index in [9.17, 15) is 4.79 Å². The van der Waals surface area contributed by atoms with Crippen LogP contribution in [0.1, 0.15) is 46.7 Å². The van der Waals surface area contributed by atoms with Gasteiger partial charge in [0, 0.05) is 55.4 Å². The molecule has 1 aliphatic heterocycles. The summed E-state index contributed by atoms with van der Waals surface area (Å²) in [6, 6.07) is 4.33. The second-order valence-corrected chi connectivity index (χ2v) is 7.60. The monoisotopic (exact) mass is 366 g/mol. The van der Waals surface area contributed by atoms with Crippen LogP contribution in [0.3, 0.4) is 0 Å². The molecule has 2 aliphatic rings. The van der Waals surface area contributed by atoms with Gasteiger partial charge in [-0.05, 0) is 50.8 Å². The number of rotatable bonds is 5. The van der Waals surface area contributed by atoms with Gasteiger partial charge in [0.25, 0.3) is 5.91 Å². The molecule has 142 valence electrons. The van der Waals surface area contributed by atoms with Crippen molar-refractivity contribution in [3.63, 3.8) is 0 Å². The second-order valence-electron chi connectivity index (χ2n) is 7.60. The van der Waals surface area contributed by atoms with Crippen LogP contribution in [0, 0.1) is 13.8 Å². The Hall–Kier alpha value is -2.54. The lowest BCUT2D eigenvalue weighted by molar-refractivity contribution is 0.0717. The zero-order valence-corrected chi connectivity index (χ0v) is 15.9. The van der Waals surface area contributed by atoms with Gasteiger partial charge in [-0.2, -0.15) is 0 Å². The van der Waals surface area contributed by atoms with E-state index in [0.717, 1.165) is 55.0 Å². The van der Waals surface area contributed by atoms with Gasteiger partial charge in [-0.3, -0.25) is 9.78 Å². The minimum Gasteiger partial charge on any atom is -0.355 e. The van der Waals surface area contributed by atoms with Gasteiger partial charge >= 0.3 is 0 Å². The summed E-state index contributed by atoms with van der Waals surface area (Å²) >= 11 is 0. The summed E-state index contributed by atoms with van der Waals surface area (Å²) in [5, 5.41) is 0. The quantitative estimate of drug-likeness (QED) is 0.868. The minimum atomic E-state index is -0.0952. The molecule has 1 aliphatic carbocycles. The average Bonchev–Trinajstić information content (AvgIpc) is 3.42. The largest absolute Gasteiger partial charge is 0.355 e. The number of nitrogens with two attached hydrogens (primary N) is 1. The predicted octanol–water partition coefficient (Wildman–Crippen LogP) is 1.83. The number of amides is 1. The lowest BCUT2D eigenvalue weighted by Gasteiger charge is -2.24. The molecular weight excluding hydrogens is 340 g/mol. The summed E-state index contributed by atoms with van der Waals surface area (Å²) in [7, 11) is 0. The number of hydrogen-bond donors (Lipinski definition) is 1. The van der Waals surface area contributed by atoms with Crippen LogP contribution in [-0.4, -0.2) is 50.9 Å². The van der Waals surface area contributed by atoms with Crippen molar-refractivity contribution in [1.29, 1.82) is 0 Å². The molecule has 3 heterocycles. The number of carbonyl (C=O) groups excluding carboxylic acids is 1. The highest BCUT2D eigenvalue weighted by atomic mass is 16.2. The average molecular weight is 366 g/mol. The Morgan fingerprint density at radius 1 is 1.22 bits per heavy atom. The highest BCUT2D eigenvalue weighted by Gasteiger charge is 2.35. The highest BCUT2D eigenvalue weighted by molar-refractivity contribution is 5.91. The van der Waals surface area contributed by atoms with E-state index in [1.54, 1.807) is 12.4 Å². The molecule has 4 rings (SSSR count). The molecule has 7 nitrogen and oxygen atoms in total. The van der Waals surface area contributed by atoms with Gasteiger partial charge in [0.05, 0.1) is 0 Å². The van der Waals surface area contributed by atoms with Crippen LogP contribution in [0.15, 0.2) is 24.5 Å². The van der Waals surface area contributed by atoms with Crippen LogP contribution in [0.5, 0.6) is 0 Å². The molecule has 0 bridgehead atoms. The predicted molar refractivity (Wildman–Crippen MR) is 103 cm³/mol. The molecule has 7 heteroatoms. The third-order valence-corrected chi connectivity index (χ3v) is 5.43. The fourth-order valence-electron chi connectivity index (χ4n) is 3.56. The number of nitrogens with zero attached hydrogens (tertiary/aromatic N) is 5. The molecule has 2 N–H and O–H groups in total. The lowest BCUT2D eigenvalue weighted by Crippen LogP contribution is -2.35. The van der Waals surface area contributed by atoms with E-state index >= 15 is 0 Å². The molecule has 1 amide bonds. The number of aromatic nitrogens is 3. The van der Waals surface area contributed by atoms with E-state index in [0.29, 0.717) is 6.54 Å². The van der Waals surface area contributed by atoms with E-state index in [4.69, 9.17) is 5.73 Å².